The Hall–Kier alpha value is -0.730. The summed E-state index contributed by atoms with van der Waals surface area (Å²) in [6.45, 7) is 3.31. The molecule has 1 aliphatic carbocycles. The lowest BCUT2D eigenvalue weighted by atomic mass is 9.77. The first-order valence-electron chi connectivity index (χ1n) is 8.44. The predicted molar refractivity (Wildman–Crippen MR) is 88.2 cm³/mol. The van der Waals surface area contributed by atoms with Crippen LogP contribution in [0.25, 0.3) is 0 Å². The molecule has 1 spiro atoms. The van der Waals surface area contributed by atoms with E-state index in [1.54, 1.807) is 0 Å². The van der Waals surface area contributed by atoms with Crippen LogP contribution in [0.1, 0.15) is 69.9 Å². The lowest BCUT2D eigenvalue weighted by Crippen LogP contribution is -2.45. The van der Waals surface area contributed by atoms with E-state index >= 15 is 0 Å². The van der Waals surface area contributed by atoms with Crippen molar-refractivity contribution < 1.29 is 4.74 Å². The van der Waals surface area contributed by atoms with Crippen molar-refractivity contribution in [1.29, 1.82) is 0 Å². The van der Waals surface area contributed by atoms with E-state index in [9.17, 15) is 0 Å². The second kappa shape index (κ2) is 6.58. The zero-order chi connectivity index (χ0) is 14.7. The summed E-state index contributed by atoms with van der Waals surface area (Å²) in [7, 11) is 0. The molecule has 1 saturated carbocycles. The van der Waals surface area contributed by atoms with Gasteiger partial charge in [0.2, 0.25) is 0 Å². The molecular formula is C18H26ClNO. The average Bonchev–Trinajstić information content (AvgIpc) is 2.49. The first kappa shape index (κ1) is 15.2. The minimum absolute atomic E-state index is 0.0585. The van der Waals surface area contributed by atoms with Gasteiger partial charge in [0.25, 0.3) is 0 Å². The lowest BCUT2D eigenvalue weighted by Gasteiger charge is -2.45. The molecule has 1 fully saturated rings. The van der Waals surface area contributed by atoms with Gasteiger partial charge < -0.3 is 10.1 Å². The quantitative estimate of drug-likeness (QED) is 0.766. The molecule has 116 valence electrons. The van der Waals surface area contributed by atoms with Crippen LogP contribution in [0.2, 0.25) is 5.02 Å². The molecule has 2 aliphatic rings. The highest BCUT2D eigenvalue weighted by atomic mass is 35.5. The van der Waals surface area contributed by atoms with Gasteiger partial charge in [-0.25, -0.2) is 0 Å². The maximum atomic E-state index is 6.45. The Kier molecular flexibility index (Phi) is 4.75. The highest BCUT2D eigenvalue weighted by Gasteiger charge is 2.41. The summed E-state index contributed by atoms with van der Waals surface area (Å²) < 4.78 is 6.45. The van der Waals surface area contributed by atoms with E-state index in [2.05, 4.69) is 24.4 Å². The van der Waals surface area contributed by atoms with Crippen LogP contribution in [-0.2, 0) is 0 Å². The van der Waals surface area contributed by atoms with Gasteiger partial charge in [0.1, 0.15) is 11.4 Å². The van der Waals surface area contributed by atoms with Gasteiger partial charge in [-0.05, 0) is 56.8 Å². The lowest BCUT2D eigenvalue weighted by molar-refractivity contribution is -0.00264. The van der Waals surface area contributed by atoms with E-state index in [-0.39, 0.29) is 5.60 Å². The Labute approximate surface area is 133 Å². The van der Waals surface area contributed by atoms with Crippen molar-refractivity contribution in [2.75, 3.05) is 6.54 Å². The molecule has 21 heavy (non-hydrogen) atoms. The molecular weight excluding hydrogens is 282 g/mol. The van der Waals surface area contributed by atoms with Gasteiger partial charge in [-0.3, -0.25) is 0 Å². The van der Waals surface area contributed by atoms with Gasteiger partial charge >= 0.3 is 0 Å². The number of rotatable bonds is 4. The molecule has 0 bridgehead atoms. The van der Waals surface area contributed by atoms with Crippen molar-refractivity contribution in [1.82, 2.24) is 5.32 Å². The second-order valence-electron chi connectivity index (χ2n) is 6.59. The van der Waals surface area contributed by atoms with Crippen LogP contribution in [0.3, 0.4) is 0 Å². The third kappa shape index (κ3) is 3.37. The number of benzene rings is 1. The van der Waals surface area contributed by atoms with E-state index in [0.717, 1.165) is 23.7 Å². The summed E-state index contributed by atoms with van der Waals surface area (Å²) in [6, 6.07) is 6.47. The van der Waals surface area contributed by atoms with Crippen LogP contribution < -0.4 is 10.1 Å². The Morgan fingerprint density at radius 1 is 1.29 bits per heavy atom. The van der Waals surface area contributed by atoms with Crippen LogP contribution in [-0.4, -0.2) is 12.1 Å². The van der Waals surface area contributed by atoms with Crippen LogP contribution in [0, 0.1) is 0 Å². The molecule has 3 rings (SSSR count). The first-order valence-corrected chi connectivity index (χ1v) is 8.82. The monoisotopic (exact) mass is 307 g/mol. The SMILES string of the molecule is CCCCNC1CC2(CCCCC2)Oc2ccc(Cl)cc21. The van der Waals surface area contributed by atoms with E-state index < -0.39 is 0 Å². The first-order chi connectivity index (χ1) is 10.2. The third-order valence-electron chi connectivity index (χ3n) is 4.94. The van der Waals surface area contributed by atoms with E-state index in [1.165, 1.54) is 50.5 Å². The highest BCUT2D eigenvalue weighted by Crippen LogP contribution is 2.46. The summed E-state index contributed by atoms with van der Waals surface area (Å²) >= 11 is 6.20. The fraction of sp³-hybridized carbons (Fsp3) is 0.667. The van der Waals surface area contributed by atoms with Crippen molar-refractivity contribution in [3.63, 3.8) is 0 Å². The van der Waals surface area contributed by atoms with Crippen LogP contribution in [0.4, 0.5) is 0 Å². The molecule has 0 saturated heterocycles. The van der Waals surface area contributed by atoms with Gasteiger partial charge in [-0.2, -0.15) is 0 Å². The normalized spacial score (nSPS) is 23.6. The van der Waals surface area contributed by atoms with Crippen molar-refractivity contribution in [2.45, 2.75) is 69.9 Å². The van der Waals surface area contributed by atoms with Gasteiger partial charge in [0, 0.05) is 23.0 Å². The predicted octanol–water partition coefficient (Wildman–Crippen LogP) is 5.26. The zero-order valence-corrected chi connectivity index (χ0v) is 13.7. The summed E-state index contributed by atoms with van der Waals surface area (Å²) in [4.78, 5) is 0. The van der Waals surface area contributed by atoms with Crippen LogP contribution in [0.15, 0.2) is 18.2 Å². The Morgan fingerprint density at radius 3 is 2.86 bits per heavy atom. The van der Waals surface area contributed by atoms with Crippen LogP contribution in [0.5, 0.6) is 5.75 Å². The van der Waals surface area contributed by atoms with E-state index in [0.29, 0.717) is 6.04 Å². The average molecular weight is 308 g/mol. The molecule has 0 radical (unpaired) electrons. The molecule has 3 heteroatoms. The molecule has 2 nitrogen and oxygen atoms in total. The number of nitrogens with one attached hydrogen (secondary N) is 1. The summed E-state index contributed by atoms with van der Waals surface area (Å²) in [6.07, 6.45) is 9.87. The van der Waals surface area contributed by atoms with E-state index in [4.69, 9.17) is 16.3 Å². The van der Waals surface area contributed by atoms with Gasteiger partial charge in [0.15, 0.2) is 0 Å². The van der Waals surface area contributed by atoms with Gasteiger partial charge in [-0.1, -0.05) is 31.4 Å². The van der Waals surface area contributed by atoms with Crippen LogP contribution >= 0.6 is 11.6 Å². The largest absolute Gasteiger partial charge is 0.487 e. The third-order valence-corrected chi connectivity index (χ3v) is 5.17. The topological polar surface area (TPSA) is 21.3 Å². The molecule has 0 amide bonds. The second-order valence-corrected chi connectivity index (χ2v) is 7.03. The smallest absolute Gasteiger partial charge is 0.125 e. The fourth-order valence-corrected chi connectivity index (χ4v) is 3.96. The minimum Gasteiger partial charge on any atom is -0.487 e. The number of hydrogen-bond acceptors (Lipinski definition) is 2. The molecule has 1 aromatic rings. The maximum absolute atomic E-state index is 6.45. The Morgan fingerprint density at radius 2 is 2.10 bits per heavy atom. The minimum atomic E-state index is 0.0585. The number of hydrogen-bond donors (Lipinski definition) is 1. The zero-order valence-electron chi connectivity index (χ0n) is 13.0. The molecule has 0 aromatic heterocycles. The molecule has 1 atom stereocenters. The summed E-state index contributed by atoms with van der Waals surface area (Å²) in [5.74, 6) is 1.04. The Balaban J connectivity index is 1.84. The van der Waals surface area contributed by atoms with Crippen molar-refractivity contribution in [2.24, 2.45) is 0 Å². The summed E-state index contributed by atoms with van der Waals surface area (Å²) in [5.41, 5.74) is 1.30. The Bertz CT molecular complexity index is 482. The van der Waals surface area contributed by atoms with Crippen molar-refractivity contribution in [3.8, 4) is 5.75 Å². The molecule has 1 N–H and O–H groups in total. The molecule has 1 unspecified atom stereocenters. The highest BCUT2D eigenvalue weighted by molar-refractivity contribution is 6.30. The van der Waals surface area contributed by atoms with E-state index in [1.807, 2.05) is 6.07 Å². The summed E-state index contributed by atoms with van der Waals surface area (Å²) in [5, 5.41) is 4.54. The number of ether oxygens (including phenoxy) is 1. The number of fused-ring (bicyclic) bond motifs is 1. The van der Waals surface area contributed by atoms with Crippen molar-refractivity contribution in [3.05, 3.63) is 28.8 Å². The van der Waals surface area contributed by atoms with Crippen molar-refractivity contribution >= 4 is 11.6 Å². The molecule has 1 aromatic carbocycles. The molecule has 1 aliphatic heterocycles. The van der Waals surface area contributed by atoms with Gasteiger partial charge in [0.05, 0.1) is 0 Å². The number of halogens is 1. The standard InChI is InChI=1S/C18H26ClNO/c1-2-3-11-20-16-13-18(9-5-4-6-10-18)21-17-8-7-14(19)12-15(16)17/h7-8,12,16,20H,2-6,9-11,13H2,1H3. The fourth-order valence-electron chi connectivity index (χ4n) is 3.78. The maximum Gasteiger partial charge on any atom is 0.125 e. The number of unbranched alkanes of at least 4 members (excludes halogenated alkanes) is 1. The molecule has 1 heterocycles. The van der Waals surface area contributed by atoms with Gasteiger partial charge in [-0.15, -0.1) is 0 Å².